The van der Waals surface area contributed by atoms with E-state index in [9.17, 15) is 9.59 Å². The summed E-state index contributed by atoms with van der Waals surface area (Å²) in [6.45, 7) is -0.187. The number of amides is 1. The molecule has 35 heavy (non-hydrogen) atoms. The van der Waals surface area contributed by atoms with Crippen molar-refractivity contribution in [2.75, 3.05) is 13.7 Å². The molecule has 1 heterocycles. The third-order valence-corrected chi connectivity index (χ3v) is 4.85. The lowest BCUT2D eigenvalue weighted by molar-refractivity contribution is -0.123. The summed E-state index contributed by atoms with van der Waals surface area (Å²) in [7, 11) is 1.45. The van der Waals surface area contributed by atoms with E-state index < -0.39 is 11.9 Å². The summed E-state index contributed by atoms with van der Waals surface area (Å²) < 4.78 is 21.1. The van der Waals surface area contributed by atoms with Gasteiger partial charge in [-0.3, -0.25) is 4.79 Å². The fourth-order valence-electron chi connectivity index (χ4n) is 3.13. The maximum absolute atomic E-state index is 12.1. The highest BCUT2D eigenvalue weighted by Crippen LogP contribution is 2.28. The number of methoxy groups -OCH3 is 1. The molecule has 1 N–H and O–H groups in total. The van der Waals surface area contributed by atoms with Crippen molar-refractivity contribution in [1.29, 1.82) is 0 Å². The molecule has 1 aromatic heterocycles. The van der Waals surface area contributed by atoms with Gasteiger partial charge in [-0.2, -0.15) is 5.10 Å². The minimum atomic E-state index is -0.642. The third kappa shape index (κ3) is 6.35. The average molecular weight is 470 g/mol. The fraction of sp³-hybridized carbons (Fsp3) is 0.0741. The maximum Gasteiger partial charge on any atom is 0.379 e. The predicted octanol–water partition coefficient (Wildman–Crippen LogP) is 4.70. The van der Waals surface area contributed by atoms with Gasteiger partial charge in [-0.15, -0.1) is 0 Å². The van der Waals surface area contributed by atoms with Crippen LogP contribution in [0.1, 0.15) is 16.1 Å². The van der Waals surface area contributed by atoms with Crippen LogP contribution in [0, 0.1) is 0 Å². The normalized spacial score (nSPS) is 10.7. The molecule has 3 aromatic carbocycles. The molecule has 0 fully saturated rings. The molecule has 0 bridgehead atoms. The molecule has 0 spiro atoms. The van der Waals surface area contributed by atoms with E-state index in [1.165, 1.54) is 25.7 Å². The van der Waals surface area contributed by atoms with Crippen molar-refractivity contribution in [3.63, 3.8) is 0 Å². The Hall–Kier alpha value is -4.85. The largest absolute Gasteiger partial charge is 0.493 e. The van der Waals surface area contributed by atoms with Crippen LogP contribution in [0.5, 0.6) is 17.2 Å². The van der Waals surface area contributed by atoms with Gasteiger partial charge in [0.2, 0.25) is 5.76 Å². The Balaban J connectivity index is 1.27. The zero-order valence-corrected chi connectivity index (χ0v) is 18.8. The number of benzene rings is 3. The standard InChI is InChI=1S/C27H22N2O6/c1-32-25-16-19(9-14-23(25)35-27(31)24-8-5-15-33-24)17-28-29-26(30)18-34-22-12-10-21(11-13-22)20-6-3-2-4-7-20/h2-17H,18H2,1H3,(H,29,30)/b28-17+. The minimum Gasteiger partial charge on any atom is -0.493 e. The summed E-state index contributed by atoms with van der Waals surface area (Å²) in [5.41, 5.74) is 5.19. The molecule has 8 nitrogen and oxygen atoms in total. The van der Waals surface area contributed by atoms with Gasteiger partial charge in [0, 0.05) is 0 Å². The average Bonchev–Trinajstić information content (AvgIpc) is 3.44. The van der Waals surface area contributed by atoms with E-state index in [0.717, 1.165) is 11.1 Å². The number of furan rings is 1. The van der Waals surface area contributed by atoms with Crippen LogP contribution in [-0.4, -0.2) is 31.8 Å². The second-order valence-corrected chi connectivity index (χ2v) is 7.25. The summed E-state index contributed by atoms with van der Waals surface area (Å²) in [4.78, 5) is 24.1. The molecule has 4 aromatic rings. The first-order chi connectivity index (χ1) is 17.1. The summed E-state index contributed by atoms with van der Waals surface area (Å²) in [6, 6.07) is 25.4. The number of carbonyl (C=O) groups is 2. The molecular formula is C27H22N2O6. The van der Waals surface area contributed by atoms with Gasteiger partial charge >= 0.3 is 5.97 Å². The van der Waals surface area contributed by atoms with E-state index >= 15 is 0 Å². The van der Waals surface area contributed by atoms with Crippen LogP contribution in [-0.2, 0) is 4.79 Å². The Kier molecular flexibility index (Phi) is 7.55. The molecule has 0 saturated heterocycles. The van der Waals surface area contributed by atoms with Gasteiger partial charge in [0.15, 0.2) is 18.1 Å². The highest BCUT2D eigenvalue weighted by Gasteiger charge is 2.15. The van der Waals surface area contributed by atoms with Gasteiger partial charge in [0.05, 0.1) is 19.6 Å². The molecule has 0 saturated carbocycles. The number of nitrogens with zero attached hydrogens (tertiary/aromatic N) is 1. The second-order valence-electron chi connectivity index (χ2n) is 7.25. The van der Waals surface area contributed by atoms with Crippen molar-refractivity contribution in [2.45, 2.75) is 0 Å². The van der Waals surface area contributed by atoms with Gasteiger partial charge in [0.1, 0.15) is 5.75 Å². The molecule has 0 aliphatic carbocycles. The number of hydrazone groups is 1. The Labute approximate surface area is 201 Å². The molecule has 4 rings (SSSR count). The van der Waals surface area contributed by atoms with E-state index in [4.69, 9.17) is 18.6 Å². The molecule has 0 unspecified atom stereocenters. The lowest BCUT2D eigenvalue weighted by atomic mass is 10.1. The maximum atomic E-state index is 12.1. The highest BCUT2D eigenvalue weighted by molar-refractivity contribution is 5.89. The first-order valence-electron chi connectivity index (χ1n) is 10.7. The number of nitrogens with one attached hydrogen (secondary N) is 1. The summed E-state index contributed by atoms with van der Waals surface area (Å²) in [6.07, 6.45) is 2.82. The molecule has 0 radical (unpaired) electrons. The number of hydrogen-bond acceptors (Lipinski definition) is 7. The third-order valence-electron chi connectivity index (χ3n) is 4.85. The van der Waals surface area contributed by atoms with Crippen LogP contribution in [0.4, 0.5) is 0 Å². The van der Waals surface area contributed by atoms with Crippen molar-refractivity contribution >= 4 is 18.1 Å². The molecule has 176 valence electrons. The summed E-state index contributed by atoms with van der Waals surface area (Å²) in [5.74, 6) is 0.147. The first kappa shape index (κ1) is 23.3. The van der Waals surface area contributed by atoms with Gasteiger partial charge in [-0.1, -0.05) is 42.5 Å². The van der Waals surface area contributed by atoms with Gasteiger partial charge in [-0.25, -0.2) is 10.2 Å². The second kappa shape index (κ2) is 11.3. The summed E-state index contributed by atoms with van der Waals surface area (Å²) >= 11 is 0. The molecule has 0 aliphatic rings. The zero-order chi connectivity index (χ0) is 24.5. The lowest BCUT2D eigenvalue weighted by Crippen LogP contribution is -2.24. The Morgan fingerprint density at radius 1 is 0.914 bits per heavy atom. The van der Waals surface area contributed by atoms with Crippen LogP contribution < -0.4 is 19.6 Å². The quantitative estimate of drug-likeness (QED) is 0.165. The highest BCUT2D eigenvalue weighted by atomic mass is 16.6. The molecule has 8 heteroatoms. The smallest absolute Gasteiger partial charge is 0.379 e. The topological polar surface area (TPSA) is 99.4 Å². The van der Waals surface area contributed by atoms with Crippen molar-refractivity contribution < 1.29 is 28.2 Å². The zero-order valence-electron chi connectivity index (χ0n) is 18.8. The fourth-order valence-corrected chi connectivity index (χ4v) is 3.13. The number of carbonyl (C=O) groups excluding carboxylic acids is 2. The Morgan fingerprint density at radius 3 is 2.40 bits per heavy atom. The van der Waals surface area contributed by atoms with Crippen molar-refractivity contribution in [3.05, 3.63) is 103 Å². The Bertz CT molecular complexity index is 1300. The van der Waals surface area contributed by atoms with Crippen molar-refractivity contribution in [3.8, 4) is 28.4 Å². The van der Waals surface area contributed by atoms with Crippen LogP contribution in [0.25, 0.3) is 11.1 Å². The predicted molar refractivity (Wildman–Crippen MR) is 130 cm³/mol. The molecule has 1 amide bonds. The van der Waals surface area contributed by atoms with E-state index in [2.05, 4.69) is 10.5 Å². The Morgan fingerprint density at radius 2 is 1.69 bits per heavy atom. The lowest BCUT2D eigenvalue weighted by Gasteiger charge is -2.09. The van der Waals surface area contributed by atoms with E-state index in [-0.39, 0.29) is 18.1 Å². The van der Waals surface area contributed by atoms with Gasteiger partial charge in [0.25, 0.3) is 5.91 Å². The van der Waals surface area contributed by atoms with Crippen LogP contribution in [0.3, 0.4) is 0 Å². The first-order valence-corrected chi connectivity index (χ1v) is 10.7. The number of hydrogen-bond donors (Lipinski definition) is 1. The van der Waals surface area contributed by atoms with Crippen molar-refractivity contribution in [1.82, 2.24) is 5.43 Å². The molecule has 0 atom stereocenters. The minimum absolute atomic E-state index is 0.0785. The van der Waals surface area contributed by atoms with Gasteiger partial charge < -0.3 is 18.6 Å². The van der Waals surface area contributed by atoms with E-state index in [1.807, 2.05) is 54.6 Å². The van der Waals surface area contributed by atoms with Gasteiger partial charge in [-0.05, 0) is 59.2 Å². The SMILES string of the molecule is COc1cc(/C=N/NC(=O)COc2ccc(-c3ccccc3)cc2)ccc1OC(=O)c1ccco1. The summed E-state index contributed by atoms with van der Waals surface area (Å²) in [5, 5.41) is 3.93. The van der Waals surface area contributed by atoms with Crippen LogP contribution >= 0.6 is 0 Å². The number of esters is 1. The van der Waals surface area contributed by atoms with Crippen LogP contribution in [0.15, 0.2) is 101 Å². The monoisotopic (exact) mass is 470 g/mol. The van der Waals surface area contributed by atoms with E-state index in [1.54, 1.807) is 24.3 Å². The molecular weight excluding hydrogens is 448 g/mol. The molecule has 0 aliphatic heterocycles. The van der Waals surface area contributed by atoms with E-state index in [0.29, 0.717) is 17.1 Å². The number of rotatable bonds is 9. The number of ether oxygens (including phenoxy) is 3. The van der Waals surface area contributed by atoms with Crippen LogP contribution in [0.2, 0.25) is 0 Å². The van der Waals surface area contributed by atoms with Crippen molar-refractivity contribution in [2.24, 2.45) is 5.10 Å².